The summed E-state index contributed by atoms with van der Waals surface area (Å²) in [6, 6.07) is 7.03. The highest BCUT2D eigenvalue weighted by atomic mass is 19.4. The van der Waals surface area contributed by atoms with Gasteiger partial charge in [0.15, 0.2) is 0 Å². The Morgan fingerprint density at radius 2 is 1.83 bits per heavy atom. The van der Waals surface area contributed by atoms with Crippen LogP contribution in [0, 0.1) is 12.3 Å². The van der Waals surface area contributed by atoms with Gasteiger partial charge in [-0.2, -0.15) is 13.2 Å². The second kappa shape index (κ2) is 6.51. The molecular weight excluding hydrogens is 371 g/mol. The lowest BCUT2D eigenvalue weighted by Gasteiger charge is -2.38. The number of fused-ring (bicyclic) bond motifs is 3. The van der Waals surface area contributed by atoms with Crippen LogP contribution in [0.4, 0.5) is 13.2 Å². The number of alkyl halides is 3. The Hall–Kier alpha value is -2.49. The van der Waals surface area contributed by atoms with Gasteiger partial charge in [0.25, 0.3) is 0 Å². The van der Waals surface area contributed by atoms with Gasteiger partial charge in [0.05, 0.1) is 11.6 Å². The molecule has 1 atom stereocenters. The van der Waals surface area contributed by atoms with Crippen LogP contribution in [0.3, 0.4) is 0 Å². The third kappa shape index (κ3) is 3.50. The summed E-state index contributed by atoms with van der Waals surface area (Å²) in [5, 5.41) is 1.51. The highest BCUT2D eigenvalue weighted by Crippen LogP contribution is 2.45. The van der Waals surface area contributed by atoms with Gasteiger partial charge >= 0.3 is 6.18 Å². The maximum Gasteiger partial charge on any atom is 0.416 e. The molecule has 0 saturated carbocycles. The van der Waals surface area contributed by atoms with E-state index in [1.165, 1.54) is 24.1 Å². The van der Waals surface area contributed by atoms with Crippen LogP contribution in [0.2, 0.25) is 0 Å². The van der Waals surface area contributed by atoms with E-state index in [2.05, 4.69) is 43.9 Å². The molecule has 4 rings (SSSR count). The van der Waals surface area contributed by atoms with Crippen LogP contribution in [0.15, 0.2) is 53.8 Å². The van der Waals surface area contributed by atoms with E-state index in [0.717, 1.165) is 22.9 Å². The van der Waals surface area contributed by atoms with Crippen LogP contribution in [0.1, 0.15) is 55.5 Å². The molecule has 4 heteroatoms. The maximum atomic E-state index is 13.5. The first kappa shape index (κ1) is 19.8. The summed E-state index contributed by atoms with van der Waals surface area (Å²) in [6.45, 7) is 8.08. The van der Waals surface area contributed by atoms with E-state index in [1.807, 2.05) is 25.4 Å². The van der Waals surface area contributed by atoms with Crippen LogP contribution < -0.4 is 0 Å². The zero-order chi connectivity index (χ0) is 21.1. The van der Waals surface area contributed by atoms with E-state index in [-0.39, 0.29) is 17.0 Å². The molecule has 152 valence electrons. The lowest BCUT2D eigenvalue weighted by atomic mass is 9.75. The van der Waals surface area contributed by atoms with Crippen molar-refractivity contribution in [2.45, 2.75) is 46.3 Å². The van der Waals surface area contributed by atoms with Crippen molar-refractivity contribution in [3.63, 3.8) is 0 Å². The van der Waals surface area contributed by atoms with Crippen LogP contribution in [0.5, 0.6) is 0 Å². The quantitative estimate of drug-likeness (QED) is 0.484. The molecule has 1 aliphatic heterocycles. The summed E-state index contributed by atoms with van der Waals surface area (Å²) >= 11 is 0. The molecule has 1 aliphatic carbocycles. The van der Waals surface area contributed by atoms with Crippen molar-refractivity contribution in [1.29, 1.82) is 0 Å². The van der Waals surface area contributed by atoms with Gasteiger partial charge in [-0.1, -0.05) is 49.8 Å². The van der Waals surface area contributed by atoms with Gasteiger partial charge in [0, 0.05) is 13.2 Å². The fourth-order valence-corrected chi connectivity index (χ4v) is 4.97. The van der Waals surface area contributed by atoms with E-state index in [0.29, 0.717) is 5.39 Å². The number of nitrogens with zero attached hydrogens (tertiary/aromatic N) is 1. The van der Waals surface area contributed by atoms with E-state index in [1.54, 1.807) is 6.07 Å². The highest BCUT2D eigenvalue weighted by Gasteiger charge is 2.34. The lowest BCUT2D eigenvalue weighted by molar-refractivity contribution is -0.137. The molecule has 2 aromatic rings. The average Bonchev–Trinajstić information content (AvgIpc) is 2.57. The van der Waals surface area contributed by atoms with Gasteiger partial charge in [-0.15, -0.1) is 0 Å². The second-order valence-corrected chi connectivity index (χ2v) is 9.11. The Labute approximate surface area is 170 Å². The first-order valence-electron chi connectivity index (χ1n) is 9.91. The topological polar surface area (TPSA) is 3.24 Å². The van der Waals surface area contributed by atoms with Gasteiger partial charge < -0.3 is 4.90 Å². The number of hydrogen-bond donors (Lipinski definition) is 0. The Morgan fingerprint density at radius 1 is 1.10 bits per heavy atom. The number of likely N-dealkylation sites (N-methyl/N-ethyl adjacent to an activating group) is 1. The van der Waals surface area contributed by atoms with E-state index in [9.17, 15) is 13.2 Å². The van der Waals surface area contributed by atoms with Crippen molar-refractivity contribution >= 4 is 16.8 Å². The number of halogens is 3. The van der Waals surface area contributed by atoms with Crippen molar-refractivity contribution in [1.82, 2.24) is 4.90 Å². The Bertz CT molecular complexity index is 1080. The average molecular weight is 397 g/mol. The molecule has 1 nitrogen and oxygen atoms in total. The molecule has 29 heavy (non-hydrogen) atoms. The van der Waals surface area contributed by atoms with Gasteiger partial charge in [0.2, 0.25) is 0 Å². The van der Waals surface area contributed by atoms with Crippen LogP contribution in [-0.4, -0.2) is 11.9 Å². The number of hydrogen-bond acceptors (Lipinski definition) is 1. The molecule has 1 unspecified atom stereocenters. The molecule has 2 aliphatic rings. The summed E-state index contributed by atoms with van der Waals surface area (Å²) in [6.07, 6.45) is 5.02. The van der Waals surface area contributed by atoms with Crippen LogP contribution >= 0.6 is 0 Å². The standard InChI is InChI=1S/C25H26F3N/c1-15-10-18(14-24(3,4)13-15)23-20-7-6-17-11-16(2)22(25(26,27)28)12-21(17)19(20)8-9-29(23)5/h6-13,23H,14H2,1-5H3. The predicted octanol–water partition coefficient (Wildman–Crippen LogP) is 7.43. The summed E-state index contributed by atoms with van der Waals surface area (Å²) in [4.78, 5) is 2.16. The van der Waals surface area contributed by atoms with Gasteiger partial charge in [-0.25, -0.2) is 0 Å². The van der Waals surface area contributed by atoms with E-state index >= 15 is 0 Å². The highest BCUT2D eigenvalue weighted by molar-refractivity contribution is 5.94. The van der Waals surface area contributed by atoms with Gasteiger partial charge in [-0.05, 0) is 70.9 Å². The smallest absolute Gasteiger partial charge is 0.370 e. The Kier molecular flexibility index (Phi) is 4.45. The molecule has 0 saturated heterocycles. The molecule has 1 heterocycles. The summed E-state index contributed by atoms with van der Waals surface area (Å²) in [5.41, 5.74) is 4.25. The molecule has 0 bridgehead atoms. The summed E-state index contributed by atoms with van der Waals surface area (Å²) in [7, 11) is 2.03. The molecule has 0 spiro atoms. The lowest BCUT2D eigenvalue weighted by Crippen LogP contribution is -2.28. The molecule has 0 amide bonds. The first-order chi connectivity index (χ1) is 13.5. The minimum Gasteiger partial charge on any atom is -0.370 e. The van der Waals surface area contributed by atoms with Crippen molar-refractivity contribution < 1.29 is 13.2 Å². The molecule has 0 N–H and O–H groups in total. The molecule has 0 aromatic heterocycles. The first-order valence-corrected chi connectivity index (χ1v) is 9.91. The number of rotatable bonds is 1. The van der Waals surface area contributed by atoms with E-state index in [4.69, 9.17) is 0 Å². The number of benzene rings is 2. The monoisotopic (exact) mass is 397 g/mol. The minimum absolute atomic E-state index is 0.0259. The number of allylic oxidation sites excluding steroid dienone is 3. The second-order valence-electron chi connectivity index (χ2n) is 9.11. The van der Waals surface area contributed by atoms with Crippen LogP contribution in [0.25, 0.3) is 16.8 Å². The van der Waals surface area contributed by atoms with Gasteiger partial charge in [0.1, 0.15) is 0 Å². The Balaban J connectivity index is 1.92. The largest absolute Gasteiger partial charge is 0.416 e. The fourth-order valence-electron chi connectivity index (χ4n) is 4.97. The maximum absolute atomic E-state index is 13.5. The SMILES string of the molecule is CC1=CC(C)(C)CC(C2c3ccc4cc(C)c(C(F)(F)F)cc4c3C=CN2C)=C1. The van der Waals surface area contributed by atoms with Crippen molar-refractivity contribution in [3.8, 4) is 0 Å². The van der Waals surface area contributed by atoms with E-state index < -0.39 is 11.7 Å². The van der Waals surface area contributed by atoms with Gasteiger partial charge in [-0.3, -0.25) is 0 Å². The van der Waals surface area contributed by atoms with Crippen molar-refractivity contribution in [2.75, 3.05) is 7.05 Å². The molecule has 2 aromatic carbocycles. The van der Waals surface area contributed by atoms with Crippen molar-refractivity contribution in [3.05, 3.63) is 76.0 Å². The summed E-state index contributed by atoms with van der Waals surface area (Å²) in [5.74, 6) is 0. The zero-order valence-electron chi connectivity index (χ0n) is 17.5. The minimum atomic E-state index is -4.35. The third-order valence-corrected chi connectivity index (χ3v) is 5.97. The molecule has 0 radical (unpaired) electrons. The normalized spacial score (nSPS) is 21.1. The third-order valence-electron chi connectivity index (χ3n) is 5.97. The fraction of sp³-hybridized carbons (Fsp3) is 0.360. The molecule has 0 fully saturated rings. The number of aryl methyl sites for hydroxylation is 1. The molecular formula is C25H26F3N. The summed E-state index contributed by atoms with van der Waals surface area (Å²) < 4.78 is 40.6. The van der Waals surface area contributed by atoms with Crippen molar-refractivity contribution in [2.24, 2.45) is 5.41 Å². The zero-order valence-corrected chi connectivity index (χ0v) is 17.5. The van der Waals surface area contributed by atoms with Crippen LogP contribution in [-0.2, 0) is 6.18 Å². The Morgan fingerprint density at radius 3 is 2.48 bits per heavy atom. The predicted molar refractivity (Wildman–Crippen MR) is 113 cm³/mol.